The standard InChI is InChI=1S/C13H16N2O3S2/c1-2-12(16)14-13(19-8-3-9-20-13)10-4-6-11(7-5-10)15(17)18/h4-7H,2-3,8-9H2,1H3,(H,14,16). The number of carbonyl (C=O) groups excluding carboxylic acids is 1. The first-order chi connectivity index (χ1) is 9.57. The molecule has 0 spiro atoms. The fourth-order valence-corrected chi connectivity index (χ4v) is 5.06. The summed E-state index contributed by atoms with van der Waals surface area (Å²) in [6.07, 6.45) is 1.53. The molecule has 0 atom stereocenters. The summed E-state index contributed by atoms with van der Waals surface area (Å²) in [5.41, 5.74) is 0.969. The van der Waals surface area contributed by atoms with Gasteiger partial charge in [0.15, 0.2) is 4.20 Å². The van der Waals surface area contributed by atoms with Crippen LogP contribution in [0.5, 0.6) is 0 Å². The van der Waals surface area contributed by atoms with Crippen LogP contribution in [0.2, 0.25) is 0 Å². The van der Waals surface area contributed by atoms with Gasteiger partial charge < -0.3 is 5.32 Å². The molecule has 20 heavy (non-hydrogen) atoms. The third-order valence-electron chi connectivity index (χ3n) is 2.98. The molecule has 1 aromatic carbocycles. The first-order valence-corrected chi connectivity index (χ1v) is 8.38. The number of nitrogens with zero attached hydrogens (tertiary/aromatic N) is 1. The van der Waals surface area contributed by atoms with Gasteiger partial charge >= 0.3 is 0 Å². The highest BCUT2D eigenvalue weighted by Crippen LogP contribution is 2.48. The van der Waals surface area contributed by atoms with E-state index in [1.807, 2.05) is 6.92 Å². The molecular weight excluding hydrogens is 296 g/mol. The molecule has 0 saturated carbocycles. The molecule has 1 heterocycles. The van der Waals surface area contributed by atoms with E-state index < -0.39 is 9.13 Å². The van der Waals surface area contributed by atoms with Gasteiger partial charge in [-0.1, -0.05) is 6.92 Å². The number of nitrogens with one attached hydrogen (secondary N) is 1. The fourth-order valence-electron chi connectivity index (χ4n) is 1.92. The predicted molar refractivity (Wildman–Crippen MR) is 82.7 cm³/mol. The molecule has 1 amide bonds. The number of benzene rings is 1. The monoisotopic (exact) mass is 312 g/mol. The van der Waals surface area contributed by atoms with Gasteiger partial charge in [-0.15, -0.1) is 23.5 Å². The first kappa shape index (κ1) is 15.2. The van der Waals surface area contributed by atoms with Crippen molar-refractivity contribution < 1.29 is 9.72 Å². The molecule has 0 aliphatic carbocycles. The third-order valence-corrected chi connectivity index (χ3v) is 6.16. The number of hydrogen-bond acceptors (Lipinski definition) is 5. The van der Waals surface area contributed by atoms with E-state index in [1.54, 1.807) is 35.7 Å². The number of hydrogen-bond donors (Lipinski definition) is 1. The van der Waals surface area contributed by atoms with Crippen molar-refractivity contribution >= 4 is 35.1 Å². The molecule has 108 valence electrons. The summed E-state index contributed by atoms with van der Waals surface area (Å²) in [6, 6.07) is 6.45. The Morgan fingerprint density at radius 3 is 2.45 bits per heavy atom. The number of rotatable bonds is 4. The number of non-ortho nitro benzene ring substituents is 1. The number of thioether (sulfide) groups is 2. The van der Waals surface area contributed by atoms with Crippen molar-refractivity contribution in [3.63, 3.8) is 0 Å². The predicted octanol–water partition coefficient (Wildman–Crippen LogP) is 3.10. The van der Waals surface area contributed by atoms with Crippen LogP contribution in [0.1, 0.15) is 25.3 Å². The number of carbonyl (C=O) groups is 1. The van der Waals surface area contributed by atoms with Crippen LogP contribution in [-0.2, 0) is 9.00 Å². The summed E-state index contributed by atoms with van der Waals surface area (Å²) >= 11 is 3.37. The highest BCUT2D eigenvalue weighted by molar-refractivity contribution is 8.18. The van der Waals surface area contributed by atoms with Crippen molar-refractivity contribution in [2.24, 2.45) is 0 Å². The summed E-state index contributed by atoms with van der Waals surface area (Å²) in [6.45, 7) is 1.82. The minimum absolute atomic E-state index is 0.00903. The lowest BCUT2D eigenvalue weighted by atomic mass is 10.2. The maximum Gasteiger partial charge on any atom is 0.269 e. The average Bonchev–Trinajstić information content (AvgIpc) is 2.48. The fraction of sp³-hybridized carbons (Fsp3) is 0.462. The van der Waals surface area contributed by atoms with Crippen LogP contribution in [0.3, 0.4) is 0 Å². The summed E-state index contributed by atoms with van der Waals surface area (Å²) in [5.74, 6) is 1.92. The first-order valence-electron chi connectivity index (χ1n) is 6.41. The van der Waals surface area contributed by atoms with Gasteiger partial charge in [0.05, 0.1) is 4.92 Å². The second kappa shape index (κ2) is 6.49. The SMILES string of the molecule is CCC(=O)NC1(c2ccc([N+](=O)[O-])cc2)SCCCS1. The Hall–Kier alpha value is -1.21. The molecule has 1 aliphatic heterocycles. The van der Waals surface area contributed by atoms with Gasteiger partial charge in [0.2, 0.25) is 5.91 Å². The molecule has 1 N–H and O–H groups in total. The van der Waals surface area contributed by atoms with E-state index >= 15 is 0 Å². The summed E-state index contributed by atoms with van der Waals surface area (Å²) in [4.78, 5) is 22.1. The molecule has 1 fully saturated rings. The van der Waals surface area contributed by atoms with Gasteiger partial charge in [-0.2, -0.15) is 0 Å². The van der Waals surface area contributed by atoms with E-state index in [-0.39, 0.29) is 11.6 Å². The maximum atomic E-state index is 11.8. The van der Waals surface area contributed by atoms with Crippen molar-refractivity contribution in [3.05, 3.63) is 39.9 Å². The Morgan fingerprint density at radius 1 is 1.35 bits per heavy atom. The second-order valence-corrected chi connectivity index (χ2v) is 7.25. The lowest BCUT2D eigenvalue weighted by molar-refractivity contribution is -0.384. The number of amides is 1. The molecule has 1 aromatic rings. The molecule has 2 rings (SSSR count). The molecule has 7 heteroatoms. The Bertz CT molecular complexity index is 499. The highest BCUT2D eigenvalue weighted by Gasteiger charge is 2.37. The molecule has 1 aliphatic rings. The van der Waals surface area contributed by atoms with Crippen LogP contribution < -0.4 is 5.32 Å². The van der Waals surface area contributed by atoms with Gasteiger partial charge in [-0.25, -0.2) is 0 Å². The topological polar surface area (TPSA) is 72.2 Å². The molecular formula is C13H16N2O3S2. The Morgan fingerprint density at radius 2 is 1.95 bits per heavy atom. The Balaban J connectivity index is 2.30. The van der Waals surface area contributed by atoms with Crippen molar-refractivity contribution in [3.8, 4) is 0 Å². The van der Waals surface area contributed by atoms with Crippen molar-refractivity contribution in [1.82, 2.24) is 5.32 Å². The van der Waals surface area contributed by atoms with Gasteiger partial charge in [-0.05, 0) is 35.6 Å². The van der Waals surface area contributed by atoms with Crippen molar-refractivity contribution in [2.75, 3.05) is 11.5 Å². The van der Waals surface area contributed by atoms with E-state index in [9.17, 15) is 14.9 Å². The largest absolute Gasteiger partial charge is 0.329 e. The maximum absolute atomic E-state index is 11.8. The Kier molecular flexibility index (Phi) is 4.93. The summed E-state index contributed by atoms with van der Waals surface area (Å²) in [5, 5.41) is 13.8. The average molecular weight is 312 g/mol. The molecule has 0 radical (unpaired) electrons. The smallest absolute Gasteiger partial charge is 0.269 e. The third kappa shape index (κ3) is 3.27. The van der Waals surface area contributed by atoms with Gasteiger partial charge in [-0.3, -0.25) is 14.9 Å². The molecule has 0 unspecified atom stereocenters. The minimum atomic E-state index is -0.513. The van der Waals surface area contributed by atoms with E-state index in [0.717, 1.165) is 23.5 Å². The minimum Gasteiger partial charge on any atom is -0.329 e. The van der Waals surface area contributed by atoms with E-state index in [0.29, 0.717) is 6.42 Å². The van der Waals surface area contributed by atoms with Crippen LogP contribution in [0.15, 0.2) is 24.3 Å². The normalized spacial score (nSPS) is 17.4. The molecule has 1 saturated heterocycles. The summed E-state index contributed by atoms with van der Waals surface area (Å²) in [7, 11) is 0. The molecule has 5 nitrogen and oxygen atoms in total. The van der Waals surface area contributed by atoms with Gasteiger partial charge in [0.25, 0.3) is 5.69 Å². The zero-order valence-corrected chi connectivity index (χ0v) is 12.8. The van der Waals surface area contributed by atoms with E-state index in [4.69, 9.17) is 0 Å². The second-order valence-electron chi connectivity index (χ2n) is 4.37. The van der Waals surface area contributed by atoms with Gasteiger partial charge in [0.1, 0.15) is 0 Å². The van der Waals surface area contributed by atoms with Crippen molar-refractivity contribution in [1.29, 1.82) is 0 Å². The zero-order chi connectivity index (χ0) is 14.6. The lowest BCUT2D eigenvalue weighted by Gasteiger charge is -2.37. The zero-order valence-electron chi connectivity index (χ0n) is 11.1. The van der Waals surface area contributed by atoms with E-state index in [1.165, 1.54) is 12.1 Å². The quantitative estimate of drug-likeness (QED) is 0.683. The molecule has 0 bridgehead atoms. The van der Waals surface area contributed by atoms with Crippen molar-refractivity contribution in [2.45, 2.75) is 24.0 Å². The number of nitro groups is 1. The number of nitro benzene ring substituents is 1. The van der Waals surface area contributed by atoms with E-state index in [2.05, 4.69) is 5.32 Å². The summed E-state index contributed by atoms with van der Waals surface area (Å²) < 4.78 is -0.513. The van der Waals surface area contributed by atoms with Crippen LogP contribution in [0.25, 0.3) is 0 Å². The lowest BCUT2D eigenvalue weighted by Crippen LogP contribution is -2.42. The van der Waals surface area contributed by atoms with Crippen LogP contribution in [0.4, 0.5) is 5.69 Å². The highest BCUT2D eigenvalue weighted by atomic mass is 32.2. The van der Waals surface area contributed by atoms with Crippen LogP contribution in [-0.4, -0.2) is 22.3 Å². The van der Waals surface area contributed by atoms with Crippen LogP contribution in [0, 0.1) is 10.1 Å². The molecule has 0 aromatic heterocycles. The Labute approximate surface area is 126 Å². The van der Waals surface area contributed by atoms with Crippen LogP contribution >= 0.6 is 23.5 Å². The van der Waals surface area contributed by atoms with Gasteiger partial charge in [0, 0.05) is 18.6 Å².